The lowest BCUT2D eigenvalue weighted by molar-refractivity contribution is 0.628. The van der Waals surface area contributed by atoms with Crippen molar-refractivity contribution in [1.29, 1.82) is 0 Å². The van der Waals surface area contributed by atoms with Crippen LogP contribution in [-0.2, 0) is 0 Å². The first-order valence-corrected chi connectivity index (χ1v) is 10.3. The molecule has 0 bridgehead atoms. The fraction of sp³-hybridized carbons (Fsp3) is 0.0417. The maximum atomic E-state index is 13.4. The van der Waals surface area contributed by atoms with Crippen molar-refractivity contribution in [1.82, 2.24) is 4.57 Å². The number of nitrogens with zero attached hydrogens (tertiary/aromatic N) is 3. The van der Waals surface area contributed by atoms with Crippen molar-refractivity contribution in [2.75, 3.05) is 0 Å². The minimum Gasteiger partial charge on any atom is -0.268 e. The van der Waals surface area contributed by atoms with E-state index in [2.05, 4.69) is 10.2 Å². The van der Waals surface area contributed by atoms with E-state index in [9.17, 15) is 9.18 Å². The van der Waals surface area contributed by atoms with E-state index < -0.39 is 0 Å². The second-order valence-electron chi connectivity index (χ2n) is 6.88. The Hall–Kier alpha value is -3.64. The molecule has 4 nitrogen and oxygen atoms in total. The highest BCUT2D eigenvalue weighted by molar-refractivity contribution is 7.07. The minimum atomic E-state index is -0.375. The van der Waals surface area contributed by atoms with Crippen molar-refractivity contribution in [3.05, 3.63) is 127 Å². The molecule has 1 aromatic heterocycles. The van der Waals surface area contributed by atoms with E-state index in [0.717, 1.165) is 22.4 Å². The smallest absolute Gasteiger partial charge is 0.268 e. The van der Waals surface area contributed by atoms with Gasteiger partial charge in [0.15, 0.2) is 0 Å². The summed E-state index contributed by atoms with van der Waals surface area (Å²) in [6.45, 7) is 0. The van der Waals surface area contributed by atoms with Gasteiger partial charge in [0.05, 0.1) is 10.2 Å². The molecule has 0 N–H and O–H groups in total. The molecule has 2 heterocycles. The zero-order chi connectivity index (χ0) is 20.5. The first-order chi connectivity index (χ1) is 14.7. The van der Waals surface area contributed by atoms with Crippen LogP contribution in [0.1, 0.15) is 22.7 Å². The Morgan fingerprint density at radius 1 is 0.867 bits per heavy atom. The van der Waals surface area contributed by atoms with Gasteiger partial charge in [0.25, 0.3) is 5.56 Å². The standard InChI is InChI=1S/C24H16FN3OS/c25-19-13-11-16(12-14-19)15-20-23(29)28-22(18-9-5-2-6-10-18)21(26-27-24(28)30-20)17-7-3-1-4-8-17/h1-15,22H/b20-15-. The summed E-state index contributed by atoms with van der Waals surface area (Å²) < 4.78 is 15.5. The summed E-state index contributed by atoms with van der Waals surface area (Å²) in [5, 5.41) is 8.85. The monoisotopic (exact) mass is 413 g/mol. The zero-order valence-corrected chi connectivity index (χ0v) is 16.6. The maximum Gasteiger partial charge on any atom is 0.271 e. The number of fused-ring (bicyclic) bond motifs is 1. The number of hydrogen-bond acceptors (Lipinski definition) is 4. The van der Waals surface area contributed by atoms with Crippen LogP contribution in [0.5, 0.6) is 0 Å². The molecule has 1 atom stereocenters. The third kappa shape index (κ3) is 3.31. The Balaban J connectivity index is 1.72. The number of benzene rings is 3. The molecule has 30 heavy (non-hydrogen) atoms. The van der Waals surface area contributed by atoms with Gasteiger partial charge < -0.3 is 0 Å². The molecule has 6 heteroatoms. The van der Waals surface area contributed by atoms with E-state index in [-0.39, 0.29) is 17.4 Å². The van der Waals surface area contributed by atoms with Gasteiger partial charge in [0.1, 0.15) is 11.9 Å². The first kappa shape index (κ1) is 18.4. The third-order valence-electron chi connectivity index (χ3n) is 4.95. The summed E-state index contributed by atoms with van der Waals surface area (Å²) in [7, 11) is 0. The fourth-order valence-electron chi connectivity index (χ4n) is 3.54. The Morgan fingerprint density at radius 3 is 2.23 bits per heavy atom. The summed E-state index contributed by atoms with van der Waals surface area (Å²) in [4.78, 5) is 13.9. The lowest BCUT2D eigenvalue weighted by Crippen LogP contribution is -2.40. The van der Waals surface area contributed by atoms with Crippen LogP contribution in [0.25, 0.3) is 6.08 Å². The highest BCUT2D eigenvalue weighted by atomic mass is 32.1. The van der Waals surface area contributed by atoms with E-state index in [1.54, 1.807) is 22.8 Å². The van der Waals surface area contributed by atoms with Crippen molar-refractivity contribution in [2.24, 2.45) is 10.2 Å². The average Bonchev–Trinajstić information content (AvgIpc) is 3.11. The molecule has 1 aliphatic heterocycles. The van der Waals surface area contributed by atoms with Crippen LogP contribution >= 0.6 is 11.3 Å². The Morgan fingerprint density at radius 2 is 1.53 bits per heavy atom. The second-order valence-corrected chi connectivity index (χ2v) is 7.89. The molecular formula is C24H16FN3OS. The maximum absolute atomic E-state index is 13.4. The molecule has 3 aromatic carbocycles. The van der Waals surface area contributed by atoms with Crippen molar-refractivity contribution in [2.45, 2.75) is 6.04 Å². The molecule has 0 saturated carbocycles. The van der Waals surface area contributed by atoms with Gasteiger partial charge in [-0.3, -0.25) is 9.36 Å². The van der Waals surface area contributed by atoms with E-state index in [1.165, 1.54) is 23.5 Å². The molecule has 0 aliphatic carbocycles. The topological polar surface area (TPSA) is 46.7 Å². The number of halogens is 1. The van der Waals surface area contributed by atoms with Gasteiger partial charge in [-0.05, 0) is 29.3 Å². The summed E-state index contributed by atoms with van der Waals surface area (Å²) in [6.07, 6.45) is 1.76. The van der Waals surface area contributed by atoms with Crippen molar-refractivity contribution < 1.29 is 4.39 Å². The predicted molar refractivity (Wildman–Crippen MR) is 117 cm³/mol. The number of aromatic nitrogens is 1. The van der Waals surface area contributed by atoms with Crippen LogP contribution in [0, 0.1) is 5.82 Å². The molecule has 146 valence electrons. The second kappa shape index (κ2) is 7.65. The molecule has 0 fully saturated rings. The van der Waals surface area contributed by atoms with Gasteiger partial charge >= 0.3 is 0 Å². The summed E-state index contributed by atoms with van der Waals surface area (Å²) in [5.41, 5.74) is 3.23. The normalized spacial score (nSPS) is 16.0. The van der Waals surface area contributed by atoms with Gasteiger partial charge in [0, 0.05) is 5.56 Å². The summed E-state index contributed by atoms with van der Waals surface area (Å²) in [5.74, 6) is -0.311. The molecular weight excluding hydrogens is 397 g/mol. The van der Waals surface area contributed by atoms with Gasteiger partial charge in [-0.15, -0.1) is 10.2 Å². The third-order valence-corrected chi connectivity index (χ3v) is 5.92. The molecule has 1 unspecified atom stereocenters. The van der Waals surface area contributed by atoms with E-state index >= 15 is 0 Å². The molecule has 4 aromatic rings. The molecule has 0 spiro atoms. The Bertz CT molecular complexity index is 1410. The van der Waals surface area contributed by atoms with Crippen molar-refractivity contribution in [3.63, 3.8) is 0 Å². The Kier molecular flexibility index (Phi) is 4.69. The van der Waals surface area contributed by atoms with E-state index in [1.807, 2.05) is 60.7 Å². The molecule has 1 aliphatic rings. The Labute approximate surface area is 175 Å². The average molecular weight is 413 g/mol. The van der Waals surface area contributed by atoms with Crippen LogP contribution in [0.3, 0.4) is 0 Å². The summed E-state index contributed by atoms with van der Waals surface area (Å²) in [6, 6.07) is 25.3. The van der Waals surface area contributed by atoms with Gasteiger partial charge in [-0.25, -0.2) is 4.39 Å². The van der Waals surface area contributed by atoms with E-state index in [0.29, 0.717) is 9.33 Å². The van der Waals surface area contributed by atoms with Crippen LogP contribution in [0.2, 0.25) is 0 Å². The highest BCUT2D eigenvalue weighted by Crippen LogP contribution is 2.23. The molecule has 0 saturated heterocycles. The number of thiazole rings is 1. The van der Waals surface area contributed by atoms with Crippen LogP contribution < -0.4 is 14.9 Å². The lowest BCUT2D eigenvalue weighted by Gasteiger charge is -2.22. The van der Waals surface area contributed by atoms with Crippen molar-refractivity contribution in [3.8, 4) is 0 Å². The first-order valence-electron chi connectivity index (χ1n) is 9.45. The van der Waals surface area contributed by atoms with Gasteiger partial charge in [0.2, 0.25) is 4.80 Å². The SMILES string of the molecule is O=c1/c(=C/c2ccc(F)cc2)sc2n1C(c1ccccc1)C(c1ccccc1)=NN=2. The number of hydrogen-bond donors (Lipinski definition) is 0. The lowest BCUT2D eigenvalue weighted by atomic mass is 9.96. The van der Waals surface area contributed by atoms with E-state index in [4.69, 9.17) is 0 Å². The fourth-order valence-corrected chi connectivity index (χ4v) is 4.48. The van der Waals surface area contributed by atoms with Gasteiger partial charge in [-0.1, -0.05) is 84.1 Å². The number of rotatable bonds is 3. The van der Waals surface area contributed by atoms with Crippen LogP contribution in [0.15, 0.2) is 99.9 Å². The van der Waals surface area contributed by atoms with Crippen LogP contribution in [0.4, 0.5) is 4.39 Å². The van der Waals surface area contributed by atoms with Crippen molar-refractivity contribution >= 4 is 23.1 Å². The molecule has 5 rings (SSSR count). The predicted octanol–water partition coefficient (Wildman–Crippen LogP) is 3.50. The summed E-state index contributed by atoms with van der Waals surface area (Å²) >= 11 is 1.28. The van der Waals surface area contributed by atoms with Crippen LogP contribution in [-0.4, -0.2) is 10.3 Å². The molecule has 0 amide bonds. The quantitative estimate of drug-likeness (QED) is 0.507. The zero-order valence-electron chi connectivity index (χ0n) is 15.8. The highest BCUT2D eigenvalue weighted by Gasteiger charge is 2.28. The minimum absolute atomic E-state index is 0.139. The van der Waals surface area contributed by atoms with Gasteiger partial charge in [-0.2, -0.15) is 0 Å². The molecule has 0 radical (unpaired) electrons. The largest absolute Gasteiger partial charge is 0.271 e.